The van der Waals surface area contributed by atoms with E-state index in [0.29, 0.717) is 38.8 Å². The van der Waals surface area contributed by atoms with Crippen LogP contribution in [0.4, 0.5) is 0 Å². The van der Waals surface area contributed by atoms with Crippen LogP contribution in [-0.4, -0.2) is 66.1 Å². The summed E-state index contributed by atoms with van der Waals surface area (Å²) in [5.74, 6) is 3.71. The lowest BCUT2D eigenvalue weighted by atomic mass is 9.73. The molecule has 0 aromatic heterocycles. The largest absolute Gasteiger partial charge is 0.370 e. The van der Waals surface area contributed by atoms with E-state index in [0.717, 1.165) is 69.8 Å². The van der Waals surface area contributed by atoms with Gasteiger partial charge in [0.2, 0.25) is 17.5 Å². The Hall–Kier alpha value is -3.81. The molecule has 13 nitrogen and oxygen atoms in total. The smallest absolute Gasteiger partial charge is 0.239 e. The molecule has 13 N–H and O–H groups in total. The summed E-state index contributed by atoms with van der Waals surface area (Å²) in [6, 6.07) is 6.67. The second-order valence-electron chi connectivity index (χ2n) is 16.1. The third kappa shape index (κ3) is 19.5. The Labute approximate surface area is 324 Å². The van der Waals surface area contributed by atoms with Gasteiger partial charge in [0, 0.05) is 18.6 Å². The highest BCUT2D eigenvalue weighted by Crippen LogP contribution is 2.36. The van der Waals surface area contributed by atoms with Crippen molar-refractivity contribution in [2.75, 3.05) is 13.1 Å². The minimum absolute atomic E-state index is 0.00656. The van der Waals surface area contributed by atoms with E-state index in [1.165, 1.54) is 19.3 Å². The van der Waals surface area contributed by atoms with E-state index in [9.17, 15) is 14.4 Å². The molecule has 1 unspecified atom stereocenters. The Morgan fingerprint density at radius 2 is 1.24 bits per heavy atom. The molecule has 0 spiro atoms. The zero-order chi connectivity index (χ0) is 39.8. The fourth-order valence-corrected chi connectivity index (χ4v) is 7.65. The highest BCUT2D eigenvalue weighted by molar-refractivity contribution is 6.41. The molecule has 4 atom stereocenters. The maximum absolute atomic E-state index is 14.4. The number of amides is 1. The molecule has 0 saturated carbocycles. The first-order valence-electron chi connectivity index (χ1n) is 20.2. The van der Waals surface area contributed by atoms with Gasteiger partial charge in [-0.05, 0) is 95.0 Å². The van der Waals surface area contributed by atoms with Crippen LogP contribution in [0.1, 0.15) is 135 Å². The van der Waals surface area contributed by atoms with Crippen LogP contribution in [0.2, 0.25) is 0 Å². The van der Waals surface area contributed by atoms with Crippen molar-refractivity contribution in [3.8, 4) is 0 Å². The SMILES string of the molecule is CC1(C)CCCCCC/C=C/CCCCCCC(C)(N[C@@H](CCCNC(=N)N)C(=O)C(=O)[C@H](CCCNC(=N)N)NC(=O)[C@H](Cc2ccccc2)NN)C1. The number of ketones is 2. The predicted octanol–water partition coefficient (Wildman–Crippen LogP) is 4.59. The van der Waals surface area contributed by atoms with Crippen molar-refractivity contribution in [1.82, 2.24) is 26.7 Å². The Kier molecular flexibility index (Phi) is 21.7. The van der Waals surface area contributed by atoms with Crippen LogP contribution in [0.25, 0.3) is 0 Å². The van der Waals surface area contributed by atoms with Crippen LogP contribution in [-0.2, 0) is 20.8 Å². The molecule has 0 heterocycles. The van der Waals surface area contributed by atoms with Gasteiger partial charge < -0.3 is 32.7 Å². The molecule has 304 valence electrons. The van der Waals surface area contributed by atoms with Gasteiger partial charge in [-0.1, -0.05) is 94.9 Å². The van der Waals surface area contributed by atoms with Crippen LogP contribution < -0.4 is 44.0 Å². The van der Waals surface area contributed by atoms with Crippen molar-refractivity contribution in [2.24, 2.45) is 22.7 Å². The number of allylic oxidation sites excluding steroid dienone is 2. The first kappa shape index (κ1) is 46.3. The first-order chi connectivity index (χ1) is 25.7. The zero-order valence-electron chi connectivity index (χ0n) is 33.4. The summed E-state index contributed by atoms with van der Waals surface area (Å²) in [4.78, 5) is 42.3. The number of hydrazine groups is 1. The predicted molar refractivity (Wildman–Crippen MR) is 220 cm³/mol. The molecule has 0 fully saturated rings. The quantitative estimate of drug-likeness (QED) is 0.0190. The van der Waals surface area contributed by atoms with Crippen LogP contribution in [0.5, 0.6) is 0 Å². The van der Waals surface area contributed by atoms with Crippen molar-refractivity contribution < 1.29 is 14.4 Å². The van der Waals surface area contributed by atoms with Crippen molar-refractivity contribution >= 4 is 29.4 Å². The average molecular weight is 753 g/mol. The molecule has 54 heavy (non-hydrogen) atoms. The number of Topliss-reactive ketones (excluding diaryl/α,β-unsaturated/α-hetero) is 2. The molecule has 0 bridgehead atoms. The van der Waals surface area contributed by atoms with E-state index in [4.69, 9.17) is 28.1 Å². The molecule has 2 rings (SSSR count). The fraction of sp³-hybridized carbons (Fsp3) is 0.683. The van der Waals surface area contributed by atoms with Gasteiger partial charge in [-0.2, -0.15) is 0 Å². The molecule has 1 amide bonds. The summed E-state index contributed by atoms with van der Waals surface area (Å²) < 4.78 is 0. The topological polar surface area (TPSA) is 237 Å². The number of nitrogens with two attached hydrogens (primary N) is 3. The number of carbonyl (C=O) groups is 3. The third-order valence-electron chi connectivity index (χ3n) is 10.3. The Balaban J connectivity index is 2.37. The number of hydrogen-bond donors (Lipinski definition) is 10. The summed E-state index contributed by atoms with van der Waals surface area (Å²) >= 11 is 0. The molecule has 1 aromatic rings. The summed E-state index contributed by atoms with van der Waals surface area (Å²) in [5, 5.41) is 27.2. The average Bonchev–Trinajstić information content (AvgIpc) is 3.12. The number of hydrogen-bond acceptors (Lipinski definition) is 8. The lowest BCUT2D eigenvalue weighted by Gasteiger charge is -2.41. The number of nitrogens with one attached hydrogen (secondary N) is 7. The number of rotatable bonds is 18. The van der Waals surface area contributed by atoms with Gasteiger partial charge in [0.1, 0.15) is 6.04 Å². The van der Waals surface area contributed by atoms with Gasteiger partial charge in [-0.15, -0.1) is 0 Å². The first-order valence-corrected chi connectivity index (χ1v) is 20.2. The monoisotopic (exact) mass is 753 g/mol. The van der Waals surface area contributed by atoms with E-state index in [1.807, 2.05) is 30.3 Å². The Morgan fingerprint density at radius 3 is 1.80 bits per heavy atom. The number of benzene rings is 1. The highest BCUT2D eigenvalue weighted by atomic mass is 16.2. The molecule has 0 aliphatic heterocycles. The Morgan fingerprint density at radius 1 is 0.722 bits per heavy atom. The zero-order valence-corrected chi connectivity index (χ0v) is 33.4. The second-order valence-corrected chi connectivity index (χ2v) is 16.1. The van der Waals surface area contributed by atoms with Crippen LogP contribution in [0.3, 0.4) is 0 Å². The third-order valence-corrected chi connectivity index (χ3v) is 10.3. The van der Waals surface area contributed by atoms with Crippen LogP contribution in [0.15, 0.2) is 42.5 Å². The summed E-state index contributed by atoms with van der Waals surface area (Å²) in [6.45, 7) is 7.48. The minimum atomic E-state index is -1.11. The molecule has 0 radical (unpaired) electrons. The van der Waals surface area contributed by atoms with Gasteiger partial charge in [-0.25, -0.2) is 5.43 Å². The lowest BCUT2D eigenvalue weighted by Crippen LogP contribution is -2.58. The van der Waals surface area contributed by atoms with Crippen molar-refractivity contribution in [3.63, 3.8) is 0 Å². The standard InChI is InChI=1S/C41H72N10O3/c1-40(2)25-17-12-10-8-6-4-5-7-9-11-13-18-26-41(3,30-40)50-33(24-20-28-48-39(44)45)36(53)35(52)32(23-19-27-47-38(42)43)49-37(54)34(51-46)29-31-21-15-14-16-22-31/h4-5,14-16,21-22,32-34,50-51H,6-13,17-20,23-30,46H2,1-3H3,(H,49,54)(H4,42,43,47)(H4,44,45,48)/b5-4+/t32-,33-,34-,41?/m0/s1. The summed E-state index contributed by atoms with van der Waals surface area (Å²) in [6.07, 6.45) is 20.5. The van der Waals surface area contributed by atoms with Crippen molar-refractivity contribution in [3.05, 3.63) is 48.0 Å². The Bertz CT molecular complexity index is 1320. The molecule has 1 aromatic carbocycles. The van der Waals surface area contributed by atoms with Gasteiger partial charge in [0.15, 0.2) is 11.9 Å². The molecule has 13 heteroatoms. The maximum Gasteiger partial charge on any atom is 0.239 e. The van der Waals surface area contributed by atoms with Gasteiger partial charge in [0.05, 0.1) is 12.1 Å². The second kappa shape index (κ2) is 25.3. The van der Waals surface area contributed by atoms with E-state index in [1.54, 1.807) is 0 Å². The molecular weight excluding hydrogens is 681 g/mol. The minimum Gasteiger partial charge on any atom is -0.370 e. The van der Waals surface area contributed by atoms with Gasteiger partial charge >= 0.3 is 0 Å². The lowest BCUT2D eigenvalue weighted by molar-refractivity contribution is -0.140. The maximum atomic E-state index is 14.4. The molecule has 1 aliphatic rings. The van der Waals surface area contributed by atoms with E-state index in [-0.39, 0.29) is 23.8 Å². The number of guanidine groups is 2. The van der Waals surface area contributed by atoms with E-state index < -0.39 is 41.1 Å². The highest BCUT2D eigenvalue weighted by Gasteiger charge is 2.39. The molecule has 1 aliphatic carbocycles. The molecule has 0 saturated heterocycles. The number of carbonyl (C=O) groups excluding carboxylic acids is 3. The van der Waals surface area contributed by atoms with Crippen LogP contribution in [0, 0.1) is 16.2 Å². The normalized spacial score (nSPS) is 21.0. The van der Waals surface area contributed by atoms with Crippen LogP contribution >= 0.6 is 0 Å². The molecular formula is C41H72N10O3. The van der Waals surface area contributed by atoms with E-state index >= 15 is 0 Å². The fourth-order valence-electron chi connectivity index (χ4n) is 7.65. The summed E-state index contributed by atoms with van der Waals surface area (Å²) in [5.41, 5.74) is 14.1. The van der Waals surface area contributed by atoms with Crippen molar-refractivity contribution in [1.29, 1.82) is 10.8 Å². The van der Waals surface area contributed by atoms with Gasteiger partial charge in [0.25, 0.3) is 0 Å². The van der Waals surface area contributed by atoms with Crippen molar-refractivity contribution in [2.45, 2.75) is 160 Å². The summed E-state index contributed by atoms with van der Waals surface area (Å²) in [7, 11) is 0. The van der Waals surface area contributed by atoms with Gasteiger partial charge in [-0.3, -0.25) is 31.0 Å². The van der Waals surface area contributed by atoms with E-state index in [2.05, 4.69) is 59.6 Å².